The summed E-state index contributed by atoms with van der Waals surface area (Å²) in [4.78, 5) is 0. The molecule has 0 fully saturated rings. The van der Waals surface area contributed by atoms with Gasteiger partial charge in [0.1, 0.15) is 0 Å². The molecule has 0 aromatic carbocycles. The first-order valence-electron chi connectivity index (χ1n) is 5.96. The highest BCUT2D eigenvalue weighted by molar-refractivity contribution is 4.66. The van der Waals surface area contributed by atoms with E-state index in [4.69, 9.17) is 5.11 Å². The lowest BCUT2D eigenvalue weighted by molar-refractivity contribution is 0.0718. The third kappa shape index (κ3) is 7.34. The summed E-state index contributed by atoms with van der Waals surface area (Å²) < 4.78 is 0. The Balaban J connectivity index is 3.68. The zero-order chi connectivity index (χ0) is 11.0. The van der Waals surface area contributed by atoms with Gasteiger partial charge in [0.2, 0.25) is 0 Å². The van der Waals surface area contributed by atoms with Gasteiger partial charge < -0.3 is 10.2 Å². The number of hydrogen-bond acceptors (Lipinski definition) is 2. The fourth-order valence-corrected chi connectivity index (χ4v) is 1.86. The Hall–Kier alpha value is -0.0800. The minimum atomic E-state index is -0.381. The highest BCUT2D eigenvalue weighted by atomic mass is 16.3. The molecule has 3 unspecified atom stereocenters. The van der Waals surface area contributed by atoms with E-state index < -0.39 is 0 Å². The first kappa shape index (κ1) is 13.9. The molecule has 0 bridgehead atoms. The fraction of sp³-hybridized carbons (Fsp3) is 1.00. The minimum Gasteiger partial charge on any atom is -0.393 e. The largest absolute Gasteiger partial charge is 0.393 e. The fourth-order valence-electron chi connectivity index (χ4n) is 1.86. The maximum Gasteiger partial charge on any atom is 0.0567 e. The quantitative estimate of drug-likeness (QED) is 0.635. The van der Waals surface area contributed by atoms with Gasteiger partial charge in [-0.3, -0.25) is 0 Å². The number of rotatable bonds is 8. The summed E-state index contributed by atoms with van der Waals surface area (Å²) in [6, 6.07) is 0. The summed E-state index contributed by atoms with van der Waals surface area (Å²) in [6.45, 7) is 6.10. The molecule has 0 rings (SSSR count). The van der Waals surface area contributed by atoms with Crippen LogP contribution in [0.3, 0.4) is 0 Å². The summed E-state index contributed by atoms with van der Waals surface area (Å²) in [5, 5.41) is 18.8. The van der Waals surface area contributed by atoms with Crippen LogP contribution < -0.4 is 0 Å². The summed E-state index contributed by atoms with van der Waals surface area (Å²) in [7, 11) is 0. The van der Waals surface area contributed by atoms with E-state index in [1.54, 1.807) is 6.92 Å². The molecule has 2 nitrogen and oxygen atoms in total. The molecule has 2 N–H and O–H groups in total. The molecule has 0 heterocycles. The Morgan fingerprint density at radius 3 is 2.14 bits per heavy atom. The van der Waals surface area contributed by atoms with E-state index in [2.05, 4.69) is 13.8 Å². The van der Waals surface area contributed by atoms with Crippen LogP contribution in [-0.2, 0) is 0 Å². The van der Waals surface area contributed by atoms with Crippen molar-refractivity contribution < 1.29 is 10.2 Å². The molecule has 0 aliphatic rings. The zero-order valence-corrected chi connectivity index (χ0v) is 9.87. The predicted molar refractivity (Wildman–Crippen MR) is 60.2 cm³/mol. The lowest BCUT2D eigenvalue weighted by Crippen LogP contribution is -2.18. The van der Waals surface area contributed by atoms with Crippen molar-refractivity contribution >= 4 is 0 Å². The minimum absolute atomic E-state index is 0.322. The van der Waals surface area contributed by atoms with Crippen LogP contribution in [0.15, 0.2) is 0 Å². The molecule has 0 aromatic rings. The lowest BCUT2D eigenvalue weighted by Gasteiger charge is -2.19. The first-order valence-corrected chi connectivity index (χ1v) is 5.96. The van der Waals surface area contributed by atoms with Crippen LogP contribution in [0.1, 0.15) is 59.3 Å². The molecule has 2 heteroatoms. The van der Waals surface area contributed by atoms with Crippen molar-refractivity contribution in [2.24, 2.45) is 5.92 Å². The first-order chi connectivity index (χ1) is 6.60. The summed E-state index contributed by atoms with van der Waals surface area (Å²) in [6.07, 6.45) is 5.48. The van der Waals surface area contributed by atoms with Gasteiger partial charge >= 0.3 is 0 Å². The molecular weight excluding hydrogens is 176 g/mol. The van der Waals surface area contributed by atoms with Crippen LogP contribution in [0.25, 0.3) is 0 Å². The van der Waals surface area contributed by atoms with Crippen molar-refractivity contribution in [1.29, 1.82) is 0 Å². The van der Waals surface area contributed by atoms with Crippen molar-refractivity contribution in [3.63, 3.8) is 0 Å². The smallest absolute Gasteiger partial charge is 0.0567 e. The lowest BCUT2D eigenvalue weighted by atomic mass is 9.91. The van der Waals surface area contributed by atoms with E-state index >= 15 is 0 Å². The zero-order valence-electron chi connectivity index (χ0n) is 9.87. The Bertz CT molecular complexity index is 123. The Labute approximate surface area is 88.3 Å². The van der Waals surface area contributed by atoms with Gasteiger partial charge in [0, 0.05) is 0 Å². The Morgan fingerprint density at radius 2 is 1.71 bits per heavy atom. The second-order valence-electron chi connectivity index (χ2n) is 4.39. The topological polar surface area (TPSA) is 40.5 Å². The molecule has 0 spiro atoms. The number of aliphatic hydroxyl groups is 2. The maximum absolute atomic E-state index is 9.66. The van der Waals surface area contributed by atoms with Crippen LogP contribution in [0.2, 0.25) is 0 Å². The third-order valence-electron chi connectivity index (χ3n) is 2.76. The van der Waals surface area contributed by atoms with E-state index in [1.165, 1.54) is 19.3 Å². The van der Waals surface area contributed by atoms with E-state index in [9.17, 15) is 5.11 Å². The predicted octanol–water partition coefficient (Wildman–Crippen LogP) is 2.72. The van der Waals surface area contributed by atoms with E-state index in [1.807, 2.05) is 0 Å². The molecule has 3 atom stereocenters. The number of hydrogen-bond donors (Lipinski definition) is 2. The second kappa shape index (κ2) is 8.25. The highest BCUT2D eigenvalue weighted by Crippen LogP contribution is 2.20. The molecular formula is C12H26O2. The van der Waals surface area contributed by atoms with Crippen LogP contribution in [-0.4, -0.2) is 22.4 Å². The summed E-state index contributed by atoms with van der Waals surface area (Å²) in [5.74, 6) is 0.628. The van der Waals surface area contributed by atoms with Gasteiger partial charge in [-0.25, -0.2) is 0 Å². The molecule has 0 amide bonds. The molecule has 0 aromatic heterocycles. The van der Waals surface area contributed by atoms with Gasteiger partial charge in [0.05, 0.1) is 12.2 Å². The van der Waals surface area contributed by atoms with Gasteiger partial charge in [-0.05, 0) is 25.7 Å². The van der Waals surface area contributed by atoms with Gasteiger partial charge in [-0.1, -0.05) is 39.5 Å². The molecule has 0 radical (unpaired) electrons. The molecule has 0 saturated carbocycles. The summed E-state index contributed by atoms with van der Waals surface area (Å²) >= 11 is 0. The Morgan fingerprint density at radius 1 is 1.07 bits per heavy atom. The second-order valence-corrected chi connectivity index (χ2v) is 4.39. The van der Waals surface area contributed by atoms with Crippen LogP contribution in [0.4, 0.5) is 0 Å². The maximum atomic E-state index is 9.66. The average molecular weight is 202 g/mol. The Kier molecular flexibility index (Phi) is 8.20. The van der Waals surface area contributed by atoms with Crippen LogP contribution in [0, 0.1) is 5.92 Å². The molecule has 0 aliphatic carbocycles. The van der Waals surface area contributed by atoms with Crippen molar-refractivity contribution in [1.82, 2.24) is 0 Å². The van der Waals surface area contributed by atoms with Crippen LogP contribution in [0.5, 0.6) is 0 Å². The third-order valence-corrected chi connectivity index (χ3v) is 2.76. The molecule has 14 heavy (non-hydrogen) atoms. The van der Waals surface area contributed by atoms with Crippen molar-refractivity contribution in [3.8, 4) is 0 Å². The van der Waals surface area contributed by atoms with Crippen molar-refractivity contribution in [3.05, 3.63) is 0 Å². The molecule has 86 valence electrons. The van der Waals surface area contributed by atoms with Gasteiger partial charge in [0.15, 0.2) is 0 Å². The highest BCUT2D eigenvalue weighted by Gasteiger charge is 2.14. The van der Waals surface area contributed by atoms with Crippen LogP contribution >= 0.6 is 0 Å². The van der Waals surface area contributed by atoms with E-state index in [0.29, 0.717) is 12.3 Å². The van der Waals surface area contributed by atoms with Gasteiger partial charge in [-0.15, -0.1) is 0 Å². The molecule has 0 aliphatic heterocycles. The van der Waals surface area contributed by atoms with Gasteiger partial charge in [0.25, 0.3) is 0 Å². The van der Waals surface area contributed by atoms with Crippen molar-refractivity contribution in [2.75, 3.05) is 0 Å². The molecule has 0 saturated heterocycles. The SMILES string of the molecule is CCCCC(CC)CC(O)CC(C)O. The normalized spacial score (nSPS) is 17.8. The standard InChI is InChI=1S/C12H26O2/c1-4-6-7-11(5-2)9-12(14)8-10(3)13/h10-14H,4-9H2,1-3H3. The number of aliphatic hydroxyl groups excluding tert-OH is 2. The van der Waals surface area contributed by atoms with Crippen molar-refractivity contribution in [2.45, 2.75) is 71.5 Å². The van der Waals surface area contributed by atoms with E-state index in [0.717, 1.165) is 12.8 Å². The summed E-state index contributed by atoms with van der Waals surface area (Å²) in [5.41, 5.74) is 0. The van der Waals surface area contributed by atoms with Gasteiger partial charge in [-0.2, -0.15) is 0 Å². The monoisotopic (exact) mass is 202 g/mol. The average Bonchev–Trinajstić information content (AvgIpc) is 2.10. The van der Waals surface area contributed by atoms with E-state index in [-0.39, 0.29) is 12.2 Å². The number of unbranched alkanes of at least 4 members (excludes halogenated alkanes) is 1.